The number of aliphatic imine (C=N–C) groups is 1. The highest BCUT2D eigenvalue weighted by atomic mass is 32.1. The van der Waals surface area contributed by atoms with E-state index in [0.29, 0.717) is 5.92 Å². The molecule has 23 heavy (non-hydrogen) atoms. The highest BCUT2D eigenvalue weighted by molar-refractivity contribution is 7.10. The fourth-order valence-electron chi connectivity index (χ4n) is 2.57. The summed E-state index contributed by atoms with van der Waals surface area (Å²) in [6, 6.07) is 4.29. The number of hydrogen-bond acceptors (Lipinski definition) is 4. The van der Waals surface area contributed by atoms with Crippen LogP contribution >= 0.6 is 11.3 Å². The lowest BCUT2D eigenvalue weighted by Crippen LogP contribution is -2.40. The Morgan fingerprint density at radius 2 is 2.22 bits per heavy atom. The van der Waals surface area contributed by atoms with Gasteiger partial charge in [0.15, 0.2) is 5.96 Å². The molecule has 0 radical (unpaired) electrons. The summed E-state index contributed by atoms with van der Waals surface area (Å²) in [5, 5.41) is 8.91. The van der Waals surface area contributed by atoms with E-state index >= 15 is 0 Å². The maximum atomic E-state index is 5.38. The van der Waals surface area contributed by atoms with Crippen molar-refractivity contribution >= 4 is 17.3 Å². The van der Waals surface area contributed by atoms with Gasteiger partial charge in [0.25, 0.3) is 0 Å². The third-order valence-electron chi connectivity index (χ3n) is 3.94. The molecule has 6 heteroatoms. The summed E-state index contributed by atoms with van der Waals surface area (Å²) in [6.45, 7) is 12.0. The zero-order valence-corrected chi connectivity index (χ0v) is 15.2. The highest BCUT2D eigenvalue weighted by Gasteiger charge is 2.09. The van der Waals surface area contributed by atoms with Gasteiger partial charge in [-0.25, -0.2) is 0 Å². The molecule has 2 rings (SSSR count). The lowest BCUT2D eigenvalue weighted by atomic mass is 10.1. The smallest absolute Gasteiger partial charge is 0.191 e. The van der Waals surface area contributed by atoms with Gasteiger partial charge in [-0.15, -0.1) is 11.3 Å². The molecule has 2 heterocycles. The Morgan fingerprint density at radius 1 is 1.39 bits per heavy atom. The van der Waals surface area contributed by atoms with Crippen molar-refractivity contribution in [3.05, 3.63) is 22.4 Å². The Balaban J connectivity index is 1.68. The molecule has 0 spiro atoms. The fourth-order valence-corrected chi connectivity index (χ4v) is 3.34. The number of ether oxygens (including phenoxy) is 1. The summed E-state index contributed by atoms with van der Waals surface area (Å²) in [5.41, 5.74) is 0. The Kier molecular flexibility index (Phi) is 8.42. The molecule has 1 aliphatic heterocycles. The summed E-state index contributed by atoms with van der Waals surface area (Å²) in [6.07, 6.45) is 1.13. The molecule has 1 aromatic heterocycles. The molecule has 0 amide bonds. The van der Waals surface area contributed by atoms with Crippen molar-refractivity contribution in [3.8, 4) is 0 Å². The second kappa shape index (κ2) is 10.6. The maximum Gasteiger partial charge on any atom is 0.191 e. The fraction of sp³-hybridized carbons (Fsp3) is 0.706. The van der Waals surface area contributed by atoms with Crippen LogP contribution in [0.5, 0.6) is 0 Å². The molecular weight excluding hydrogens is 308 g/mol. The second-order valence-electron chi connectivity index (χ2n) is 5.87. The minimum Gasteiger partial charge on any atom is -0.379 e. The summed E-state index contributed by atoms with van der Waals surface area (Å²) < 4.78 is 5.38. The van der Waals surface area contributed by atoms with E-state index < -0.39 is 0 Å². The highest BCUT2D eigenvalue weighted by Crippen LogP contribution is 2.20. The van der Waals surface area contributed by atoms with Gasteiger partial charge in [-0.2, -0.15) is 0 Å². The number of morpholine rings is 1. The summed E-state index contributed by atoms with van der Waals surface area (Å²) in [5.74, 6) is 1.40. The number of nitrogens with zero attached hydrogens (tertiary/aromatic N) is 2. The molecule has 130 valence electrons. The largest absolute Gasteiger partial charge is 0.379 e. The van der Waals surface area contributed by atoms with E-state index in [4.69, 9.17) is 9.73 Å². The van der Waals surface area contributed by atoms with E-state index in [1.807, 2.05) is 11.3 Å². The van der Waals surface area contributed by atoms with E-state index in [9.17, 15) is 0 Å². The van der Waals surface area contributed by atoms with Gasteiger partial charge in [0, 0.05) is 37.0 Å². The van der Waals surface area contributed by atoms with Gasteiger partial charge in [-0.1, -0.05) is 13.0 Å². The van der Waals surface area contributed by atoms with E-state index in [-0.39, 0.29) is 0 Å². The monoisotopic (exact) mass is 338 g/mol. The van der Waals surface area contributed by atoms with Gasteiger partial charge in [0.05, 0.1) is 19.8 Å². The lowest BCUT2D eigenvalue weighted by molar-refractivity contribution is 0.0376. The summed E-state index contributed by atoms with van der Waals surface area (Å²) >= 11 is 1.81. The van der Waals surface area contributed by atoms with Crippen molar-refractivity contribution < 1.29 is 4.74 Å². The van der Waals surface area contributed by atoms with Crippen molar-refractivity contribution in [2.75, 3.05) is 52.5 Å². The molecule has 1 saturated heterocycles. The van der Waals surface area contributed by atoms with Crippen molar-refractivity contribution in [1.29, 1.82) is 0 Å². The molecule has 1 unspecified atom stereocenters. The van der Waals surface area contributed by atoms with Gasteiger partial charge in [0.1, 0.15) is 0 Å². The quantitative estimate of drug-likeness (QED) is 0.433. The van der Waals surface area contributed by atoms with Crippen molar-refractivity contribution in [2.45, 2.75) is 26.2 Å². The third kappa shape index (κ3) is 6.89. The Bertz CT molecular complexity index is 443. The number of guanidine groups is 1. The first-order valence-electron chi connectivity index (χ1n) is 8.65. The third-order valence-corrected chi connectivity index (χ3v) is 5.05. The average molecular weight is 339 g/mol. The molecule has 0 aliphatic carbocycles. The topological polar surface area (TPSA) is 48.9 Å². The normalized spacial score (nSPS) is 17.9. The standard InChI is InChI=1S/C17H30N4OS/c1-3-18-17(20-14-15(2)16-6-4-13-23-16)19-7-5-8-21-9-11-22-12-10-21/h4,6,13,15H,3,5,7-12,14H2,1-2H3,(H2,18,19,20). The molecule has 2 N–H and O–H groups in total. The van der Waals surface area contributed by atoms with Crippen LogP contribution in [0, 0.1) is 0 Å². The zero-order valence-electron chi connectivity index (χ0n) is 14.4. The van der Waals surface area contributed by atoms with Crippen LogP contribution in [0.3, 0.4) is 0 Å². The van der Waals surface area contributed by atoms with Crippen LogP contribution in [0.2, 0.25) is 0 Å². The SMILES string of the molecule is CCNC(=NCC(C)c1cccs1)NCCCN1CCOCC1. The number of thiophene rings is 1. The predicted molar refractivity (Wildman–Crippen MR) is 98.6 cm³/mol. The first-order chi connectivity index (χ1) is 11.3. The van der Waals surface area contributed by atoms with Crippen LogP contribution in [-0.2, 0) is 4.74 Å². The van der Waals surface area contributed by atoms with E-state index in [0.717, 1.165) is 64.9 Å². The van der Waals surface area contributed by atoms with Crippen LogP contribution < -0.4 is 10.6 Å². The van der Waals surface area contributed by atoms with Gasteiger partial charge in [0.2, 0.25) is 0 Å². The first-order valence-corrected chi connectivity index (χ1v) is 9.53. The molecule has 0 saturated carbocycles. The molecule has 0 bridgehead atoms. The van der Waals surface area contributed by atoms with Gasteiger partial charge in [-0.3, -0.25) is 9.89 Å². The summed E-state index contributed by atoms with van der Waals surface area (Å²) in [4.78, 5) is 8.59. The number of nitrogens with one attached hydrogen (secondary N) is 2. The van der Waals surface area contributed by atoms with E-state index in [2.05, 4.69) is 46.9 Å². The van der Waals surface area contributed by atoms with Crippen molar-refractivity contribution in [2.24, 2.45) is 4.99 Å². The Hall–Kier alpha value is -1.11. The van der Waals surface area contributed by atoms with Crippen LogP contribution in [-0.4, -0.2) is 63.3 Å². The molecule has 1 atom stereocenters. The molecule has 5 nitrogen and oxygen atoms in total. The average Bonchev–Trinajstić information content (AvgIpc) is 3.11. The minimum absolute atomic E-state index is 0.471. The molecule has 0 aromatic carbocycles. The predicted octanol–water partition coefficient (Wildman–Crippen LogP) is 2.13. The Labute approximate surface area is 144 Å². The molecule has 1 aromatic rings. The van der Waals surface area contributed by atoms with E-state index in [1.165, 1.54) is 4.88 Å². The first kappa shape index (κ1) is 18.2. The van der Waals surface area contributed by atoms with Crippen LogP contribution in [0.1, 0.15) is 31.1 Å². The lowest BCUT2D eigenvalue weighted by Gasteiger charge is -2.26. The Morgan fingerprint density at radius 3 is 2.91 bits per heavy atom. The molecular formula is C17H30N4OS. The zero-order chi connectivity index (χ0) is 16.3. The second-order valence-corrected chi connectivity index (χ2v) is 6.85. The minimum atomic E-state index is 0.471. The van der Waals surface area contributed by atoms with Gasteiger partial charge >= 0.3 is 0 Å². The molecule has 1 fully saturated rings. The van der Waals surface area contributed by atoms with Gasteiger partial charge in [-0.05, 0) is 31.3 Å². The van der Waals surface area contributed by atoms with Gasteiger partial charge < -0.3 is 15.4 Å². The molecule has 1 aliphatic rings. The van der Waals surface area contributed by atoms with Crippen LogP contribution in [0.25, 0.3) is 0 Å². The van der Waals surface area contributed by atoms with Crippen molar-refractivity contribution in [3.63, 3.8) is 0 Å². The number of hydrogen-bond donors (Lipinski definition) is 2. The summed E-state index contributed by atoms with van der Waals surface area (Å²) in [7, 11) is 0. The van der Waals surface area contributed by atoms with E-state index in [1.54, 1.807) is 0 Å². The maximum absolute atomic E-state index is 5.38. The van der Waals surface area contributed by atoms with Crippen molar-refractivity contribution in [1.82, 2.24) is 15.5 Å². The van der Waals surface area contributed by atoms with Crippen LogP contribution in [0.4, 0.5) is 0 Å². The van der Waals surface area contributed by atoms with Crippen LogP contribution in [0.15, 0.2) is 22.5 Å². The number of rotatable bonds is 8.